The zero-order valence-electron chi connectivity index (χ0n) is 19.3. The summed E-state index contributed by atoms with van der Waals surface area (Å²) in [6.45, 7) is 4.16. The van der Waals surface area contributed by atoms with Gasteiger partial charge in [0.15, 0.2) is 0 Å². The van der Waals surface area contributed by atoms with Crippen LogP contribution in [0.4, 0.5) is 5.69 Å². The molecule has 1 saturated heterocycles. The molecule has 176 valence electrons. The molecule has 34 heavy (non-hydrogen) atoms. The molecule has 2 amide bonds. The molecule has 1 heterocycles. The molecule has 4 rings (SSSR count). The second kappa shape index (κ2) is 11.3. The summed E-state index contributed by atoms with van der Waals surface area (Å²) in [5.41, 5.74) is 2.60. The van der Waals surface area contributed by atoms with E-state index in [1.807, 2.05) is 41.3 Å². The lowest BCUT2D eigenvalue weighted by molar-refractivity contribution is 0.0698. The van der Waals surface area contributed by atoms with Crippen molar-refractivity contribution in [1.29, 1.82) is 0 Å². The van der Waals surface area contributed by atoms with Gasteiger partial charge in [-0.05, 0) is 54.7 Å². The molecule has 0 saturated carbocycles. The number of para-hydroxylation sites is 1. The molecule has 6 heteroatoms. The summed E-state index contributed by atoms with van der Waals surface area (Å²) in [6, 6.07) is 22.6. The van der Waals surface area contributed by atoms with Crippen molar-refractivity contribution in [1.82, 2.24) is 4.90 Å². The monoisotopic (exact) mass is 520 g/mol. The van der Waals surface area contributed by atoms with Crippen LogP contribution in [0.15, 0.2) is 77.3 Å². The summed E-state index contributed by atoms with van der Waals surface area (Å²) in [7, 11) is 0. The van der Waals surface area contributed by atoms with Crippen LogP contribution in [-0.2, 0) is 6.42 Å². The van der Waals surface area contributed by atoms with Crippen LogP contribution >= 0.6 is 15.9 Å². The van der Waals surface area contributed by atoms with Crippen LogP contribution in [-0.4, -0.2) is 36.4 Å². The van der Waals surface area contributed by atoms with E-state index in [0.29, 0.717) is 35.1 Å². The number of amides is 2. The summed E-state index contributed by atoms with van der Waals surface area (Å²) >= 11 is 3.45. The van der Waals surface area contributed by atoms with Crippen LogP contribution in [0.1, 0.15) is 46.0 Å². The Morgan fingerprint density at radius 1 is 0.971 bits per heavy atom. The fourth-order valence-corrected chi connectivity index (χ4v) is 4.44. The molecule has 0 radical (unpaired) electrons. The Kier molecular flexibility index (Phi) is 8.01. The van der Waals surface area contributed by atoms with Gasteiger partial charge < -0.3 is 15.0 Å². The minimum Gasteiger partial charge on any atom is -0.492 e. The topological polar surface area (TPSA) is 58.6 Å². The normalized spacial score (nSPS) is 14.0. The molecule has 1 aliphatic heterocycles. The lowest BCUT2D eigenvalue weighted by Crippen LogP contribution is -2.38. The molecule has 1 aliphatic rings. The molecule has 0 unspecified atom stereocenters. The maximum absolute atomic E-state index is 13.3. The molecular weight excluding hydrogens is 492 g/mol. The SMILES string of the molecule is CC1CCN(C(=O)c2ccccc2NC(=O)c2cc(Br)ccc2OCCc2ccccc2)CC1. The lowest BCUT2D eigenvalue weighted by Gasteiger charge is -2.30. The molecular formula is C28H29BrN2O3. The van der Waals surface area contributed by atoms with Gasteiger partial charge in [0.05, 0.1) is 23.4 Å². The van der Waals surface area contributed by atoms with Crippen LogP contribution in [0.5, 0.6) is 5.75 Å². The van der Waals surface area contributed by atoms with E-state index in [2.05, 4.69) is 40.3 Å². The number of hydrogen-bond acceptors (Lipinski definition) is 3. The van der Waals surface area contributed by atoms with Crippen molar-refractivity contribution in [3.8, 4) is 5.75 Å². The molecule has 0 aromatic heterocycles. The van der Waals surface area contributed by atoms with Crippen LogP contribution in [0.2, 0.25) is 0 Å². The highest BCUT2D eigenvalue weighted by atomic mass is 79.9. The third kappa shape index (κ3) is 6.06. The predicted molar refractivity (Wildman–Crippen MR) is 138 cm³/mol. The van der Waals surface area contributed by atoms with Gasteiger partial charge in [0.25, 0.3) is 11.8 Å². The summed E-state index contributed by atoms with van der Waals surface area (Å²) in [4.78, 5) is 28.3. The van der Waals surface area contributed by atoms with E-state index in [-0.39, 0.29) is 11.8 Å². The van der Waals surface area contributed by atoms with Gasteiger partial charge in [0.1, 0.15) is 5.75 Å². The summed E-state index contributed by atoms with van der Waals surface area (Å²) < 4.78 is 6.76. The highest BCUT2D eigenvalue weighted by molar-refractivity contribution is 9.10. The summed E-state index contributed by atoms with van der Waals surface area (Å²) in [6.07, 6.45) is 2.74. The number of halogens is 1. The van der Waals surface area contributed by atoms with E-state index in [9.17, 15) is 9.59 Å². The van der Waals surface area contributed by atoms with Crippen molar-refractivity contribution >= 4 is 33.4 Å². The number of hydrogen-bond donors (Lipinski definition) is 1. The Morgan fingerprint density at radius 3 is 2.44 bits per heavy atom. The van der Waals surface area contributed by atoms with E-state index in [1.54, 1.807) is 24.3 Å². The highest BCUT2D eigenvalue weighted by Gasteiger charge is 2.24. The van der Waals surface area contributed by atoms with Crippen molar-refractivity contribution in [2.24, 2.45) is 5.92 Å². The highest BCUT2D eigenvalue weighted by Crippen LogP contribution is 2.27. The third-order valence-electron chi connectivity index (χ3n) is 6.15. The molecule has 5 nitrogen and oxygen atoms in total. The van der Waals surface area contributed by atoms with Gasteiger partial charge in [-0.2, -0.15) is 0 Å². The minimum atomic E-state index is -0.316. The average molecular weight is 521 g/mol. The second-order valence-corrected chi connectivity index (χ2v) is 9.61. The standard InChI is InChI=1S/C28H29BrN2O3/c1-20-13-16-31(17-14-20)28(33)23-9-5-6-10-25(23)30-27(32)24-19-22(29)11-12-26(24)34-18-15-21-7-3-2-4-8-21/h2-12,19-20H,13-18H2,1H3,(H,30,32). The third-order valence-corrected chi connectivity index (χ3v) is 6.65. The number of anilines is 1. The second-order valence-electron chi connectivity index (χ2n) is 8.70. The minimum absolute atomic E-state index is 0.0450. The van der Waals surface area contributed by atoms with Gasteiger partial charge >= 0.3 is 0 Å². The van der Waals surface area contributed by atoms with E-state index >= 15 is 0 Å². The maximum atomic E-state index is 13.3. The van der Waals surface area contributed by atoms with Crippen LogP contribution < -0.4 is 10.1 Å². The van der Waals surface area contributed by atoms with Gasteiger partial charge in [-0.25, -0.2) is 0 Å². The fraction of sp³-hybridized carbons (Fsp3) is 0.286. The van der Waals surface area contributed by atoms with Crippen LogP contribution in [0, 0.1) is 5.92 Å². The smallest absolute Gasteiger partial charge is 0.259 e. The van der Waals surface area contributed by atoms with Gasteiger partial charge in [0, 0.05) is 24.0 Å². The number of carbonyl (C=O) groups is 2. The van der Waals surface area contributed by atoms with Gasteiger partial charge in [-0.15, -0.1) is 0 Å². The number of likely N-dealkylation sites (tertiary alicyclic amines) is 1. The Labute approximate surface area is 209 Å². The first-order valence-corrected chi connectivity index (χ1v) is 12.5. The Hall–Kier alpha value is -3.12. The largest absolute Gasteiger partial charge is 0.492 e. The van der Waals surface area contributed by atoms with Crippen molar-refractivity contribution in [3.05, 3.63) is 94.0 Å². The Morgan fingerprint density at radius 2 is 1.68 bits per heavy atom. The number of carbonyl (C=O) groups excluding carboxylic acids is 2. The molecule has 3 aromatic rings. The Bertz CT molecular complexity index is 1140. The first-order valence-electron chi connectivity index (χ1n) is 11.7. The van der Waals surface area contributed by atoms with Crippen molar-refractivity contribution in [2.45, 2.75) is 26.2 Å². The first-order chi connectivity index (χ1) is 16.5. The zero-order valence-corrected chi connectivity index (χ0v) is 20.9. The van der Waals surface area contributed by atoms with E-state index in [1.165, 1.54) is 5.56 Å². The zero-order chi connectivity index (χ0) is 23.9. The lowest BCUT2D eigenvalue weighted by atomic mass is 9.98. The number of nitrogens with zero attached hydrogens (tertiary/aromatic N) is 1. The number of benzene rings is 3. The van der Waals surface area contributed by atoms with E-state index in [4.69, 9.17) is 4.74 Å². The van der Waals surface area contributed by atoms with Crippen molar-refractivity contribution in [3.63, 3.8) is 0 Å². The van der Waals surface area contributed by atoms with Crippen LogP contribution in [0.25, 0.3) is 0 Å². The number of rotatable bonds is 7. The Balaban J connectivity index is 1.48. The summed E-state index contributed by atoms with van der Waals surface area (Å²) in [5, 5.41) is 2.94. The van der Waals surface area contributed by atoms with E-state index in [0.717, 1.165) is 36.8 Å². The summed E-state index contributed by atoms with van der Waals surface area (Å²) in [5.74, 6) is 0.779. The number of nitrogens with one attached hydrogen (secondary N) is 1. The molecule has 0 bridgehead atoms. The predicted octanol–water partition coefficient (Wildman–Crippen LogP) is 6.20. The number of piperidine rings is 1. The fourth-order valence-electron chi connectivity index (χ4n) is 4.08. The van der Waals surface area contributed by atoms with Crippen molar-refractivity contribution in [2.75, 3.05) is 25.0 Å². The molecule has 0 spiro atoms. The molecule has 1 N–H and O–H groups in total. The quantitative estimate of drug-likeness (QED) is 0.403. The first kappa shape index (κ1) is 24.0. The molecule has 0 atom stereocenters. The van der Waals surface area contributed by atoms with Crippen LogP contribution in [0.3, 0.4) is 0 Å². The maximum Gasteiger partial charge on any atom is 0.259 e. The number of ether oxygens (including phenoxy) is 1. The van der Waals surface area contributed by atoms with Gasteiger partial charge in [0.2, 0.25) is 0 Å². The van der Waals surface area contributed by atoms with Gasteiger partial charge in [-0.3, -0.25) is 9.59 Å². The van der Waals surface area contributed by atoms with Crippen molar-refractivity contribution < 1.29 is 14.3 Å². The average Bonchev–Trinajstić information content (AvgIpc) is 2.86. The molecule has 1 fully saturated rings. The van der Waals surface area contributed by atoms with Gasteiger partial charge in [-0.1, -0.05) is 65.3 Å². The molecule has 0 aliphatic carbocycles. The molecule has 3 aromatic carbocycles. The van der Waals surface area contributed by atoms with E-state index < -0.39 is 0 Å².